The Bertz CT molecular complexity index is 10600. The van der Waals surface area contributed by atoms with Crippen LogP contribution in [0.3, 0.4) is 0 Å². The van der Waals surface area contributed by atoms with Crippen molar-refractivity contribution >= 4 is 192 Å². The molecule has 8 heteroatoms. The van der Waals surface area contributed by atoms with Gasteiger partial charge in [-0.1, -0.05) is 413 Å². The molecule has 1 spiro atoms. The summed E-state index contributed by atoms with van der Waals surface area (Å²) in [7, 11) is 0. The number of rotatable bonds is 10. The lowest BCUT2D eigenvalue weighted by molar-refractivity contribution is 0.794. The summed E-state index contributed by atoms with van der Waals surface area (Å²) in [5.74, 6) is 0. The molecule has 0 atom stereocenters. The minimum Gasteiger partial charge on any atom is -0.310 e. The number of benzene rings is 24. The Balaban J connectivity index is 0.000000102. The first kappa shape index (κ1) is 84.1. The largest absolute Gasteiger partial charge is 0.310 e. The molecule has 688 valence electrons. The summed E-state index contributed by atoms with van der Waals surface area (Å²) in [5, 5.41) is 20.7. The minimum atomic E-state index is -0.364. The number of imidazole rings is 3. The number of nitrogens with zero attached hydrogens (tertiary/aromatic N) is 8. The van der Waals surface area contributed by atoms with Crippen molar-refractivity contribution in [2.24, 2.45) is 0 Å². The standard InChI is InChI=1S/C48H28N2.C47H31N3.C45H29N3/c1-2-12-32-29(11-1)21-26-38-37-25-23-31(28-45(37)50-44-20-10-9-19-43(44)49-47(50)46(32)38)30-22-24-36-35-15-5-8-18-41(35)48(42(36)27-30)39-16-6-3-13-33(39)34-14-4-7-17-40(34)48;1-3-11-32(12-4-1)34-19-24-37(25-20-34)49(38-26-21-35(22-27-38)33-13-5-2-6-14-33)39-28-30-41-42-29-23-36-15-7-8-16-40(36)46(42)47-48-43-17-9-10-18-44(43)50(47)45(41)31-39;1-2-14-34(15-3-1)47(41-20-10-13-31-11-4-6-16-36(31)41)35-25-21-30(22-26-35)33-24-27-38-39-28-23-32-12-5-7-17-37(32)44(39)45-46-40-18-8-9-19-42(40)48(45)43(38)29-33/h1-28H;1-31H;1-29H. The molecule has 24 aromatic carbocycles. The highest BCUT2D eigenvalue weighted by atomic mass is 15.2. The molecule has 8 nitrogen and oxygen atoms in total. The molecule has 0 unspecified atom stereocenters. The summed E-state index contributed by atoms with van der Waals surface area (Å²) in [4.78, 5) is 20.5. The van der Waals surface area contributed by atoms with E-state index in [0.29, 0.717) is 0 Å². The van der Waals surface area contributed by atoms with Crippen molar-refractivity contribution in [3.63, 3.8) is 0 Å². The number of pyridine rings is 3. The number of hydrogen-bond acceptors (Lipinski definition) is 5. The van der Waals surface area contributed by atoms with E-state index >= 15 is 0 Å². The highest BCUT2D eigenvalue weighted by Gasteiger charge is 2.52. The van der Waals surface area contributed by atoms with E-state index in [1.54, 1.807) is 0 Å². The topological polar surface area (TPSA) is 58.4 Å². The number of aromatic nitrogens is 6. The second-order valence-electron chi connectivity index (χ2n) is 39.1. The molecular formula is C140H88N8. The van der Waals surface area contributed by atoms with Crippen molar-refractivity contribution < 1.29 is 0 Å². The predicted molar refractivity (Wildman–Crippen MR) is 621 cm³/mol. The summed E-state index contributed by atoms with van der Waals surface area (Å²) in [6.45, 7) is 0. The number of anilines is 6. The van der Waals surface area contributed by atoms with Crippen LogP contribution in [0.1, 0.15) is 22.3 Å². The first-order valence-electron chi connectivity index (χ1n) is 50.8. The Kier molecular flexibility index (Phi) is 19.2. The Morgan fingerprint density at radius 3 is 0.899 bits per heavy atom. The predicted octanol–water partition coefficient (Wildman–Crippen LogP) is 36.9. The zero-order chi connectivity index (χ0) is 97.2. The van der Waals surface area contributed by atoms with Crippen LogP contribution in [0.2, 0.25) is 0 Å². The van der Waals surface area contributed by atoms with Gasteiger partial charge in [0.25, 0.3) is 0 Å². The van der Waals surface area contributed by atoms with Gasteiger partial charge < -0.3 is 9.80 Å². The van der Waals surface area contributed by atoms with E-state index in [9.17, 15) is 0 Å². The van der Waals surface area contributed by atoms with Crippen molar-refractivity contribution in [1.29, 1.82) is 0 Å². The van der Waals surface area contributed by atoms with Crippen LogP contribution in [0.25, 0.3) is 225 Å². The summed E-state index contributed by atoms with van der Waals surface area (Å²) >= 11 is 0. The SMILES string of the molecule is c1ccc(-c2ccc(N(c3ccc(-c4ccccc4)cc3)c3ccc4c5ccc6ccccc6c5c5nc6ccccc6n5c4c3)cc2)cc1.c1ccc(N(c2ccc(-c3ccc4c5ccc6ccccc6c5c5nc6ccccc6n5c4c3)cc2)c2cccc3ccccc23)cc1.c1ccc2c(c1)-c1ccccc1C21c2ccccc2-c2ccc(-c3ccc4c5ccc6ccccc6c5c5nc6ccccc6n5c4c3)cc21. The summed E-state index contributed by atoms with van der Waals surface area (Å²) in [5.41, 5.74) is 39.4. The molecule has 2 aliphatic carbocycles. The van der Waals surface area contributed by atoms with Crippen molar-refractivity contribution in [2.45, 2.75) is 5.41 Å². The molecule has 148 heavy (non-hydrogen) atoms. The fraction of sp³-hybridized carbons (Fsp3) is 0.00714. The van der Waals surface area contributed by atoms with E-state index in [-0.39, 0.29) is 5.41 Å². The molecule has 0 radical (unpaired) electrons. The average molecular weight is 1880 g/mol. The van der Waals surface area contributed by atoms with E-state index < -0.39 is 0 Å². The van der Waals surface area contributed by atoms with E-state index in [0.717, 1.165) is 95.2 Å². The van der Waals surface area contributed by atoms with E-state index in [1.807, 2.05) is 0 Å². The lowest BCUT2D eigenvalue weighted by Crippen LogP contribution is -2.25. The third-order valence-corrected chi connectivity index (χ3v) is 31.2. The van der Waals surface area contributed by atoms with Gasteiger partial charge in [0, 0.05) is 66.1 Å². The highest BCUT2D eigenvalue weighted by molar-refractivity contribution is 6.27. The van der Waals surface area contributed by atoms with Crippen LogP contribution in [0.4, 0.5) is 34.1 Å². The Hall–Kier alpha value is -19.7. The first-order chi connectivity index (χ1) is 73.4. The van der Waals surface area contributed by atoms with Gasteiger partial charge in [-0.25, -0.2) is 15.0 Å². The van der Waals surface area contributed by atoms with Gasteiger partial charge in [0.15, 0.2) is 0 Å². The van der Waals surface area contributed by atoms with Crippen LogP contribution < -0.4 is 9.80 Å². The number of fused-ring (bicyclic) bond motifs is 41. The highest BCUT2D eigenvalue weighted by Crippen LogP contribution is 2.64. The molecule has 32 rings (SSSR count). The molecule has 0 bridgehead atoms. The summed E-state index contributed by atoms with van der Waals surface area (Å²) in [6, 6.07) is 194. The molecule has 2 aliphatic rings. The van der Waals surface area contributed by atoms with E-state index in [1.165, 1.54) is 186 Å². The van der Waals surface area contributed by atoms with Crippen molar-refractivity contribution in [2.75, 3.05) is 9.80 Å². The van der Waals surface area contributed by atoms with Crippen LogP contribution >= 0.6 is 0 Å². The van der Waals surface area contributed by atoms with Crippen LogP contribution in [-0.2, 0) is 5.41 Å². The maximum atomic E-state index is 5.27. The second kappa shape index (κ2) is 33.8. The van der Waals surface area contributed by atoms with Gasteiger partial charge in [-0.3, -0.25) is 13.2 Å². The summed E-state index contributed by atoms with van der Waals surface area (Å²) in [6.07, 6.45) is 0. The fourth-order valence-corrected chi connectivity index (χ4v) is 24.6. The average Bonchev–Trinajstić information content (AvgIpc) is 1.50. The minimum absolute atomic E-state index is 0.364. The molecule has 6 aromatic heterocycles. The molecule has 0 fully saturated rings. The molecule has 0 N–H and O–H groups in total. The second-order valence-corrected chi connectivity index (χ2v) is 39.1. The third kappa shape index (κ3) is 13.1. The quantitative estimate of drug-likeness (QED) is 0.128. The van der Waals surface area contributed by atoms with E-state index in [4.69, 9.17) is 15.0 Å². The molecular weight excluding hydrogens is 1790 g/mol. The maximum absolute atomic E-state index is 5.27. The zero-order valence-corrected chi connectivity index (χ0v) is 80.4. The molecule has 0 aliphatic heterocycles. The van der Waals surface area contributed by atoms with Gasteiger partial charge >= 0.3 is 0 Å². The van der Waals surface area contributed by atoms with Gasteiger partial charge in [0.2, 0.25) is 0 Å². The van der Waals surface area contributed by atoms with Crippen LogP contribution in [-0.4, -0.2) is 28.2 Å². The molecule has 6 heterocycles. The van der Waals surface area contributed by atoms with Gasteiger partial charge in [-0.05, 0) is 264 Å². The van der Waals surface area contributed by atoms with Gasteiger partial charge in [-0.15, -0.1) is 0 Å². The lowest BCUT2D eigenvalue weighted by atomic mass is 9.70. The Morgan fingerprint density at radius 1 is 0.162 bits per heavy atom. The normalized spacial score (nSPS) is 12.4. The number of para-hydroxylation sites is 7. The smallest absolute Gasteiger partial charge is 0.147 e. The van der Waals surface area contributed by atoms with Crippen LogP contribution in [0.15, 0.2) is 534 Å². The number of hydrogen-bond donors (Lipinski definition) is 0. The molecule has 30 aromatic rings. The van der Waals surface area contributed by atoms with Crippen LogP contribution in [0.5, 0.6) is 0 Å². The fourth-order valence-electron chi connectivity index (χ4n) is 24.6. The Morgan fingerprint density at radius 2 is 0.453 bits per heavy atom. The molecule has 0 amide bonds. The first-order valence-corrected chi connectivity index (χ1v) is 50.8. The zero-order valence-electron chi connectivity index (χ0n) is 80.4. The van der Waals surface area contributed by atoms with E-state index in [2.05, 4.69) is 557 Å². The molecule has 0 saturated carbocycles. The summed E-state index contributed by atoms with van der Waals surface area (Å²) < 4.78 is 7.10. The van der Waals surface area contributed by atoms with Crippen LogP contribution in [0, 0.1) is 0 Å². The van der Waals surface area contributed by atoms with Gasteiger partial charge in [0.1, 0.15) is 16.9 Å². The Labute approximate surface area is 852 Å². The maximum Gasteiger partial charge on any atom is 0.147 e. The van der Waals surface area contributed by atoms with Crippen molar-refractivity contribution in [3.05, 3.63) is 556 Å². The van der Waals surface area contributed by atoms with Gasteiger partial charge in [0.05, 0.1) is 60.8 Å². The van der Waals surface area contributed by atoms with Crippen molar-refractivity contribution in [1.82, 2.24) is 28.2 Å². The monoisotopic (exact) mass is 1880 g/mol. The third-order valence-electron chi connectivity index (χ3n) is 31.2. The lowest BCUT2D eigenvalue weighted by Gasteiger charge is -2.30. The van der Waals surface area contributed by atoms with Crippen molar-refractivity contribution in [3.8, 4) is 66.8 Å². The molecule has 0 saturated heterocycles. The van der Waals surface area contributed by atoms with Gasteiger partial charge in [-0.2, -0.15) is 0 Å².